The monoisotopic (exact) mass is 282 g/mol. The number of fused-ring (bicyclic) bond motifs is 1. The standard InChI is InChI=1S/C17H18N2O2/c1-11(2)12-4-6-13(7-5-12)18-17(20)15-10-16-14(19(15)3)8-9-21-16/h4-11H,1-3H3,(H,18,20). The molecule has 2 aromatic heterocycles. The number of anilines is 1. The summed E-state index contributed by atoms with van der Waals surface area (Å²) in [4.78, 5) is 12.3. The molecule has 4 nitrogen and oxygen atoms in total. The molecule has 0 saturated carbocycles. The Kier molecular flexibility index (Phi) is 3.29. The summed E-state index contributed by atoms with van der Waals surface area (Å²) in [6.07, 6.45) is 1.62. The first-order valence-corrected chi connectivity index (χ1v) is 7.00. The Labute approximate surface area is 123 Å². The Morgan fingerprint density at radius 2 is 1.90 bits per heavy atom. The fourth-order valence-electron chi connectivity index (χ4n) is 2.41. The van der Waals surface area contributed by atoms with Crippen molar-refractivity contribution in [3.63, 3.8) is 0 Å². The molecular weight excluding hydrogens is 264 g/mol. The van der Waals surface area contributed by atoms with Crippen molar-refractivity contribution >= 4 is 22.7 Å². The van der Waals surface area contributed by atoms with Crippen LogP contribution in [-0.2, 0) is 7.05 Å². The van der Waals surface area contributed by atoms with Gasteiger partial charge in [0.2, 0.25) is 0 Å². The van der Waals surface area contributed by atoms with Crippen LogP contribution < -0.4 is 5.32 Å². The predicted molar refractivity (Wildman–Crippen MR) is 83.7 cm³/mol. The van der Waals surface area contributed by atoms with Crippen molar-refractivity contribution in [3.8, 4) is 0 Å². The van der Waals surface area contributed by atoms with Crippen molar-refractivity contribution < 1.29 is 9.21 Å². The number of carbonyl (C=O) groups excluding carboxylic acids is 1. The molecule has 4 heteroatoms. The average molecular weight is 282 g/mol. The number of carbonyl (C=O) groups is 1. The first kappa shape index (κ1) is 13.5. The minimum Gasteiger partial charge on any atom is -0.463 e. The molecule has 21 heavy (non-hydrogen) atoms. The van der Waals surface area contributed by atoms with Gasteiger partial charge in [-0.05, 0) is 23.6 Å². The summed E-state index contributed by atoms with van der Waals surface area (Å²) >= 11 is 0. The molecule has 0 fully saturated rings. The molecule has 0 aliphatic heterocycles. The number of amides is 1. The lowest BCUT2D eigenvalue weighted by molar-refractivity contribution is 0.101. The van der Waals surface area contributed by atoms with Crippen molar-refractivity contribution in [3.05, 3.63) is 53.9 Å². The van der Waals surface area contributed by atoms with Gasteiger partial charge in [-0.3, -0.25) is 4.79 Å². The third-order valence-electron chi connectivity index (χ3n) is 3.73. The summed E-state index contributed by atoms with van der Waals surface area (Å²) in [6, 6.07) is 11.5. The molecule has 0 aliphatic rings. The second kappa shape index (κ2) is 5.13. The highest BCUT2D eigenvalue weighted by Crippen LogP contribution is 2.21. The van der Waals surface area contributed by atoms with Crippen LogP contribution in [-0.4, -0.2) is 10.5 Å². The number of hydrogen-bond donors (Lipinski definition) is 1. The molecule has 2 heterocycles. The molecule has 0 radical (unpaired) electrons. The maximum atomic E-state index is 12.3. The predicted octanol–water partition coefficient (Wildman–Crippen LogP) is 4.15. The van der Waals surface area contributed by atoms with Gasteiger partial charge < -0.3 is 14.3 Å². The summed E-state index contributed by atoms with van der Waals surface area (Å²) in [5, 5.41) is 2.91. The zero-order chi connectivity index (χ0) is 15.0. The lowest BCUT2D eigenvalue weighted by Crippen LogP contribution is -2.15. The van der Waals surface area contributed by atoms with Gasteiger partial charge in [0.05, 0.1) is 11.8 Å². The lowest BCUT2D eigenvalue weighted by atomic mass is 10.0. The summed E-state index contributed by atoms with van der Waals surface area (Å²) in [7, 11) is 1.86. The van der Waals surface area contributed by atoms with Gasteiger partial charge in [-0.2, -0.15) is 0 Å². The second-order valence-electron chi connectivity index (χ2n) is 5.49. The molecule has 0 aliphatic carbocycles. The van der Waals surface area contributed by atoms with Crippen molar-refractivity contribution in [1.29, 1.82) is 0 Å². The maximum Gasteiger partial charge on any atom is 0.272 e. The van der Waals surface area contributed by atoms with Gasteiger partial charge in [-0.1, -0.05) is 26.0 Å². The van der Waals surface area contributed by atoms with E-state index in [-0.39, 0.29) is 5.91 Å². The van der Waals surface area contributed by atoms with E-state index < -0.39 is 0 Å². The number of furan rings is 1. The van der Waals surface area contributed by atoms with Crippen LogP contribution in [0, 0.1) is 0 Å². The number of benzene rings is 1. The normalized spacial score (nSPS) is 11.2. The van der Waals surface area contributed by atoms with Crippen LogP contribution in [0.3, 0.4) is 0 Å². The first-order chi connectivity index (χ1) is 10.1. The van der Waals surface area contributed by atoms with E-state index in [0.717, 1.165) is 16.8 Å². The molecule has 0 saturated heterocycles. The van der Waals surface area contributed by atoms with E-state index in [1.165, 1.54) is 5.56 Å². The largest absolute Gasteiger partial charge is 0.463 e. The van der Waals surface area contributed by atoms with E-state index in [0.29, 0.717) is 11.6 Å². The van der Waals surface area contributed by atoms with Crippen molar-refractivity contribution in [2.45, 2.75) is 19.8 Å². The summed E-state index contributed by atoms with van der Waals surface area (Å²) in [5.41, 5.74) is 4.26. The van der Waals surface area contributed by atoms with Gasteiger partial charge in [0.15, 0.2) is 5.58 Å². The molecule has 3 rings (SSSR count). The highest BCUT2D eigenvalue weighted by Gasteiger charge is 2.15. The molecule has 0 bridgehead atoms. The van der Waals surface area contributed by atoms with Gasteiger partial charge in [0.1, 0.15) is 5.69 Å². The molecule has 1 amide bonds. The van der Waals surface area contributed by atoms with Crippen LogP contribution in [0.4, 0.5) is 5.69 Å². The molecule has 1 N–H and O–H groups in total. The minimum atomic E-state index is -0.138. The fraction of sp³-hybridized carbons (Fsp3) is 0.235. The van der Waals surface area contributed by atoms with Crippen LogP contribution in [0.1, 0.15) is 35.8 Å². The zero-order valence-electron chi connectivity index (χ0n) is 12.4. The lowest BCUT2D eigenvalue weighted by Gasteiger charge is -2.09. The van der Waals surface area contributed by atoms with Crippen LogP contribution in [0.2, 0.25) is 0 Å². The zero-order valence-corrected chi connectivity index (χ0v) is 12.4. The topological polar surface area (TPSA) is 47.2 Å². The Bertz CT molecular complexity index is 779. The molecule has 1 aromatic carbocycles. The van der Waals surface area contributed by atoms with Crippen molar-refractivity contribution in [2.75, 3.05) is 5.32 Å². The third-order valence-corrected chi connectivity index (χ3v) is 3.73. The second-order valence-corrected chi connectivity index (χ2v) is 5.49. The maximum absolute atomic E-state index is 12.3. The third kappa shape index (κ3) is 2.44. The first-order valence-electron chi connectivity index (χ1n) is 7.00. The van der Waals surface area contributed by atoms with Crippen LogP contribution in [0.15, 0.2) is 47.1 Å². The van der Waals surface area contributed by atoms with Gasteiger partial charge in [0, 0.05) is 24.9 Å². The SMILES string of the molecule is CC(C)c1ccc(NC(=O)c2cc3occc3n2C)cc1. The van der Waals surface area contributed by atoms with E-state index in [1.807, 2.05) is 41.9 Å². The number of aromatic nitrogens is 1. The van der Waals surface area contributed by atoms with Crippen molar-refractivity contribution in [1.82, 2.24) is 4.57 Å². The highest BCUT2D eigenvalue weighted by molar-refractivity contribution is 6.05. The van der Waals surface area contributed by atoms with Gasteiger partial charge >= 0.3 is 0 Å². The summed E-state index contributed by atoms with van der Waals surface area (Å²) < 4.78 is 7.15. The fourth-order valence-corrected chi connectivity index (χ4v) is 2.41. The van der Waals surface area contributed by atoms with E-state index in [2.05, 4.69) is 19.2 Å². The minimum absolute atomic E-state index is 0.138. The Morgan fingerprint density at radius 1 is 1.19 bits per heavy atom. The van der Waals surface area contributed by atoms with Crippen LogP contribution >= 0.6 is 0 Å². The molecular formula is C17H18N2O2. The number of rotatable bonds is 3. The molecule has 0 spiro atoms. The molecule has 108 valence electrons. The van der Waals surface area contributed by atoms with E-state index in [4.69, 9.17) is 4.42 Å². The number of hydrogen-bond acceptors (Lipinski definition) is 2. The number of aryl methyl sites for hydroxylation is 1. The molecule has 0 atom stereocenters. The van der Waals surface area contributed by atoms with E-state index in [9.17, 15) is 4.79 Å². The van der Waals surface area contributed by atoms with Crippen LogP contribution in [0.25, 0.3) is 11.1 Å². The van der Waals surface area contributed by atoms with E-state index >= 15 is 0 Å². The number of nitrogens with one attached hydrogen (secondary N) is 1. The number of nitrogens with zero attached hydrogens (tertiary/aromatic N) is 1. The quantitative estimate of drug-likeness (QED) is 0.784. The Balaban J connectivity index is 1.82. The van der Waals surface area contributed by atoms with Gasteiger partial charge in [-0.25, -0.2) is 0 Å². The van der Waals surface area contributed by atoms with Gasteiger partial charge in [-0.15, -0.1) is 0 Å². The summed E-state index contributed by atoms with van der Waals surface area (Å²) in [6.45, 7) is 4.29. The highest BCUT2D eigenvalue weighted by atomic mass is 16.3. The molecule has 3 aromatic rings. The van der Waals surface area contributed by atoms with E-state index in [1.54, 1.807) is 12.3 Å². The van der Waals surface area contributed by atoms with Crippen molar-refractivity contribution in [2.24, 2.45) is 7.05 Å². The van der Waals surface area contributed by atoms with Crippen LogP contribution in [0.5, 0.6) is 0 Å². The van der Waals surface area contributed by atoms with Gasteiger partial charge in [0.25, 0.3) is 5.91 Å². The Hall–Kier alpha value is -2.49. The smallest absolute Gasteiger partial charge is 0.272 e. The molecule has 0 unspecified atom stereocenters. The average Bonchev–Trinajstić information content (AvgIpc) is 3.03. The Morgan fingerprint density at radius 3 is 2.52 bits per heavy atom. The summed E-state index contributed by atoms with van der Waals surface area (Å²) in [5.74, 6) is 0.343.